The fourth-order valence-corrected chi connectivity index (χ4v) is 9.43. The zero-order valence-electron chi connectivity index (χ0n) is 46.7. The molecule has 0 saturated carbocycles. The Morgan fingerprint density at radius 3 is 1.13 bits per heavy atom. The number of carbonyl (C=O) groups is 9. The molecule has 0 spiro atoms. The lowest BCUT2D eigenvalue weighted by Gasteiger charge is -2.41. The van der Waals surface area contributed by atoms with Crippen LogP contribution >= 0.6 is 0 Å². The van der Waals surface area contributed by atoms with Crippen molar-refractivity contribution in [2.75, 3.05) is 35.6 Å². The summed E-state index contributed by atoms with van der Waals surface area (Å²) in [5, 5.41) is 49.0. The van der Waals surface area contributed by atoms with Gasteiger partial charge in [-0.05, 0) is 71.9 Å². The van der Waals surface area contributed by atoms with Crippen molar-refractivity contribution in [3.8, 4) is 0 Å². The minimum atomic E-state index is -1.63. The van der Waals surface area contributed by atoms with E-state index in [2.05, 4.69) is 50.0 Å². The zero-order valence-corrected chi connectivity index (χ0v) is 46.7. The summed E-state index contributed by atoms with van der Waals surface area (Å²) >= 11 is 0. The van der Waals surface area contributed by atoms with Crippen molar-refractivity contribution in [3.63, 3.8) is 0 Å². The number of hydrogen-bond acceptors (Lipinski definition) is 16. The van der Waals surface area contributed by atoms with Gasteiger partial charge in [0.1, 0.15) is 0 Å². The molecule has 3 saturated heterocycles. The SMILES string of the molecule is C[C@@H]1CN(C(=O)C(=O)Nc2cncc(C(N)=O)c2)[C@@H](c2ccccc2)C[C@@H]1O.C[C@@H]1CN(C(=O)C(=O)Nc2cncc(C(N)=O)c2)[C@@H](c2ccccc2)C[C@H]1O.C[C@H]1CN[C@H](c2ccccc2)CC1O.NC(=O)c1cncc(NC(=O)C(=O)O)c1. The van der Waals surface area contributed by atoms with E-state index < -0.39 is 77.5 Å². The Morgan fingerprint density at radius 2 is 0.800 bits per heavy atom. The summed E-state index contributed by atoms with van der Waals surface area (Å²) in [6.45, 7) is 7.17. The van der Waals surface area contributed by atoms with Crippen LogP contribution in [-0.2, 0) is 28.8 Å². The summed E-state index contributed by atoms with van der Waals surface area (Å²) in [6.07, 6.45) is 7.86. The third kappa shape index (κ3) is 18.3. The largest absolute Gasteiger partial charge is 0.474 e. The second kappa shape index (κ2) is 30.5. The number of aliphatic hydroxyl groups is 3. The average Bonchev–Trinajstić information content (AvgIpc) is 3.41. The Hall–Kier alpha value is -9.82. The van der Waals surface area contributed by atoms with Gasteiger partial charge in [0.15, 0.2) is 0 Å². The smallest absolute Gasteiger partial charge is 0.394 e. The molecule has 8 amide bonds. The van der Waals surface area contributed by atoms with Crippen molar-refractivity contribution in [1.29, 1.82) is 0 Å². The molecule has 3 aromatic heterocycles. The first-order valence-corrected chi connectivity index (χ1v) is 27.0. The van der Waals surface area contributed by atoms with Gasteiger partial charge >= 0.3 is 35.5 Å². The third-order valence-electron chi connectivity index (χ3n) is 14.3. The predicted octanol–water partition coefficient (Wildman–Crippen LogP) is 3.10. The summed E-state index contributed by atoms with van der Waals surface area (Å²) in [5.74, 6) is -7.96. The van der Waals surface area contributed by atoms with Crippen molar-refractivity contribution < 1.29 is 63.6 Å². The molecule has 0 aliphatic carbocycles. The minimum Gasteiger partial charge on any atom is -0.474 e. The number of aliphatic hydroxyl groups excluding tert-OH is 3. The first kappa shape index (κ1) is 64.3. The Balaban J connectivity index is 0.000000190. The van der Waals surface area contributed by atoms with Gasteiger partial charge in [-0.1, -0.05) is 112 Å². The highest BCUT2D eigenvalue weighted by molar-refractivity contribution is 6.40. The topological polar surface area (TPSA) is 406 Å². The number of nitrogens with zero attached hydrogens (tertiary/aromatic N) is 5. The number of anilines is 3. The Morgan fingerprint density at radius 1 is 0.471 bits per heavy atom. The Labute approximate surface area is 489 Å². The van der Waals surface area contributed by atoms with E-state index in [0.29, 0.717) is 24.8 Å². The molecule has 0 bridgehead atoms. The zero-order chi connectivity index (χ0) is 61.9. The third-order valence-corrected chi connectivity index (χ3v) is 14.3. The molecule has 3 aliphatic heterocycles. The second-order valence-corrected chi connectivity index (χ2v) is 20.6. The summed E-state index contributed by atoms with van der Waals surface area (Å²) < 4.78 is 0. The molecule has 3 aromatic carbocycles. The minimum absolute atomic E-state index is 0.0817. The number of hydrogen-bond donors (Lipinski definition) is 11. The van der Waals surface area contributed by atoms with Gasteiger partial charge in [0.05, 0.1) is 82.7 Å². The standard InChI is InChI=1S/2C20H22N4O4.C12H17NO.C8H7N3O4/c2*1-12-11-24(16(8-17(12)25)13-5-3-2-4-6-13)20(28)19(27)23-15-7-14(18(21)26)9-22-10-15;1-9-8-13-11(7-12(9)14)10-5-3-2-4-6-10;9-6(12)4-1-5(3-10-2-4)11-7(13)8(14)15/h2*2-7,9-10,12,16-17,25H,8,11H2,1H3,(H2,21,26)(H,23,27);2-6,9,11-14H,7-8H2,1H3;1-3H,(H2,9,12)(H,11,13)(H,14,15)/t12-,16-,17+;12-,16-,17-;9-,11-,12?;/m110./s1. The molecular weight excluding hydrogens is 1100 g/mol. The Kier molecular flexibility index (Phi) is 23.1. The highest BCUT2D eigenvalue weighted by Gasteiger charge is 2.40. The van der Waals surface area contributed by atoms with Gasteiger partial charge in [-0.25, -0.2) is 4.79 Å². The first-order chi connectivity index (χ1) is 40.5. The number of primary amides is 3. The van der Waals surface area contributed by atoms with Crippen molar-refractivity contribution >= 4 is 70.3 Å². The number of pyridine rings is 3. The lowest BCUT2D eigenvalue weighted by Crippen LogP contribution is -2.50. The maximum absolute atomic E-state index is 12.9. The number of carboxylic acids is 1. The van der Waals surface area contributed by atoms with Crippen molar-refractivity contribution in [2.45, 2.75) is 76.5 Å². The molecule has 9 rings (SSSR count). The molecule has 6 aromatic rings. The number of carboxylic acid groups (broad SMARTS) is 1. The number of piperidine rings is 3. The molecule has 14 N–H and O–H groups in total. The van der Waals surface area contributed by atoms with Gasteiger partial charge in [0.25, 0.3) is 0 Å². The van der Waals surface area contributed by atoms with Gasteiger partial charge in [0.2, 0.25) is 17.7 Å². The number of benzene rings is 3. The van der Waals surface area contributed by atoms with Crippen LogP contribution in [0.4, 0.5) is 17.1 Å². The molecule has 3 aliphatic rings. The van der Waals surface area contributed by atoms with E-state index in [0.717, 1.165) is 24.1 Å². The van der Waals surface area contributed by atoms with Crippen LogP contribution in [0.3, 0.4) is 0 Å². The molecule has 0 radical (unpaired) electrons. The maximum Gasteiger partial charge on any atom is 0.394 e. The Bertz CT molecular complexity index is 3180. The van der Waals surface area contributed by atoms with Crippen LogP contribution in [-0.4, -0.2) is 136 Å². The summed E-state index contributed by atoms with van der Waals surface area (Å²) in [7, 11) is 0. The molecular formula is C60H68N12O13. The maximum atomic E-state index is 12.9. The van der Waals surface area contributed by atoms with Gasteiger partial charge in [-0.2, -0.15) is 0 Å². The fourth-order valence-electron chi connectivity index (χ4n) is 9.43. The van der Waals surface area contributed by atoms with Crippen LogP contribution in [0.1, 0.15) is 106 Å². The number of nitrogens with one attached hydrogen (secondary N) is 4. The number of nitrogens with two attached hydrogens (primary N) is 3. The summed E-state index contributed by atoms with van der Waals surface area (Å²) in [6, 6.07) is 32.4. The van der Waals surface area contributed by atoms with E-state index in [-0.39, 0.29) is 64.8 Å². The molecule has 9 atom stereocenters. The van der Waals surface area contributed by atoms with Gasteiger partial charge in [-0.15, -0.1) is 0 Å². The number of likely N-dealkylation sites (tertiary alicyclic amines) is 2. The van der Waals surface area contributed by atoms with E-state index in [1.165, 1.54) is 70.7 Å². The van der Waals surface area contributed by atoms with Crippen LogP contribution in [0.5, 0.6) is 0 Å². The van der Waals surface area contributed by atoms with Crippen molar-refractivity contribution in [1.82, 2.24) is 30.1 Å². The van der Waals surface area contributed by atoms with Crippen LogP contribution < -0.4 is 38.5 Å². The number of aliphatic carboxylic acids is 1. The molecule has 25 nitrogen and oxygen atoms in total. The fraction of sp³-hybridized carbons (Fsp3) is 0.300. The summed E-state index contributed by atoms with van der Waals surface area (Å²) in [5.41, 5.74) is 19.2. The number of aromatic nitrogens is 3. The van der Waals surface area contributed by atoms with E-state index in [1.807, 2.05) is 98.0 Å². The normalized spacial score (nSPS) is 21.4. The quantitative estimate of drug-likeness (QED) is 0.0927. The highest BCUT2D eigenvalue weighted by atomic mass is 16.4. The molecule has 85 heavy (non-hydrogen) atoms. The van der Waals surface area contributed by atoms with Crippen LogP contribution in [0, 0.1) is 17.8 Å². The van der Waals surface area contributed by atoms with E-state index in [9.17, 15) is 58.5 Å². The first-order valence-electron chi connectivity index (χ1n) is 27.0. The predicted molar refractivity (Wildman–Crippen MR) is 310 cm³/mol. The van der Waals surface area contributed by atoms with Gasteiger partial charge < -0.3 is 68.7 Å². The lowest BCUT2D eigenvalue weighted by molar-refractivity contribution is -0.148. The van der Waals surface area contributed by atoms with E-state index in [4.69, 9.17) is 22.3 Å². The number of amides is 8. The molecule has 1 unspecified atom stereocenters. The van der Waals surface area contributed by atoms with E-state index >= 15 is 0 Å². The summed E-state index contributed by atoms with van der Waals surface area (Å²) in [4.78, 5) is 119. The van der Waals surface area contributed by atoms with Gasteiger partial charge in [-0.3, -0.25) is 53.3 Å². The van der Waals surface area contributed by atoms with Crippen molar-refractivity contribution in [3.05, 3.63) is 180 Å². The molecule has 446 valence electrons. The van der Waals surface area contributed by atoms with Crippen LogP contribution in [0.25, 0.3) is 0 Å². The monoisotopic (exact) mass is 1160 g/mol. The lowest BCUT2D eigenvalue weighted by atomic mass is 9.87. The van der Waals surface area contributed by atoms with Gasteiger partial charge in [0, 0.05) is 44.3 Å². The van der Waals surface area contributed by atoms with E-state index in [1.54, 1.807) is 0 Å². The average molecular weight is 1170 g/mol. The molecule has 6 heterocycles. The molecule has 25 heteroatoms. The number of carbonyl (C=O) groups excluding carboxylic acids is 8. The van der Waals surface area contributed by atoms with Crippen LogP contribution in [0.15, 0.2) is 146 Å². The second-order valence-electron chi connectivity index (χ2n) is 20.6. The number of rotatable bonds is 9. The van der Waals surface area contributed by atoms with Crippen LogP contribution in [0.2, 0.25) is 0 Å². The van der Waals surface area contributed by atoms with Crippen molar-refractivity contribution in [2.24, 2.45) is 35.0 Å². The molecule has 3 fully saturated rings. The highest BCUT2D eigenvalue weighted by Crippen LogP contribution is 2.35.